The van der Waals surface area contributed by atoms with Crippen LogP contribution in [0.4, 0.5) is 0 Å². The highest BCUT2D eigenvalue weighted by Crippen LogP contribution is 2.11. The highest BCUT2D eigenvalue weighted by atomic mass is 16.2. The predicted octanol–water partition coefficient (Wildman–Crippen LogP) is -0.0618. The van der Waals surface area contributed by atoms with Gasteiger partial charge in [0.2, 0.25) is 5.56 Å². The SMILES string of the molecule is N[C@H]1CCCN(C(=O)c2cc[nH]c(=O)c2)C1. The molecule has 3 N–H and O–H groups in total. The van der Waals surface area contributed by atoms with Crippen LogP contribution >= 0.6 is 0 Å². The minimum atomic E-state index is -0.257. The molecule has 1 aliphatic rings. The number of nitrogens with two attached hydrogens (primary N) is 1. The Morgan fingerprint density at radius 3 is 3.06 bits per heavy atom. The highest BCUT2D eigenvalue weighted by Gasteiger charge is 2.22. The number of rotatable bonds is 1. The molecule has 1 aromatic rings. The Morgan fingerprint density at radius 1 is 1.56 bits per heavy atom. The van der Waals surface area contributed by atoms with E-state index in [1.807, 2.05) is 0 Å². The molecule has 1 aliphatic heterocycles. The maximum absolute atomic E-state index is 12.0. The van der Waals surface area contributed by atoms with Crippen LogP contribution in [-0.4, -0.2) is 34.9 Å². The molecule has 2 heterocycles. The number of carbonyl (C=O) groups is 1. The summed E-state index contributed by atoms with van der Waals surface area (Å²) in [5, 5.41) is 0. The van der Waals surface area contributed by atoms with Gasteiger partial charge >= 0.3 is 0 Å². The molecule has 0 saturated carbocycles. The lowest BCUT2D eigenvalue weighted by Crippen LogP contribution is -2.45. The van der Waals surface area contributed by atoms with Gasteiger partial charge in [-0.15, -0.1) is 0 Å². The smallest absolute Gasteiger partial charge is 0.254 e. The maximum Gasteiger partial charge on any atom is 0.254 e. The van der Waals surface area contributed by atoms with E-state index in [1.165, 1.54) is 12.3 Å². The second kappa shape index (κ2) is 4.49. The summed E-state index contributed by atoms with van der Waals surface area (Å²) < 4.78 is 0. The van der Waals surface area contributed by atoms with Crippen LogP contribution in [-0.2, 0) is 0 Å². The zero-order valence-corrected chi connectivity index (χ0v) is 8.98. The Balaban J connectivity index is 2.15. The highest BCUT2D eigenvalue weighted by molar-refractivity contribution is 5.94. The van der Waals surface area contributed by atoms with Crippen molar-refractivity contribution in [2.75, 3.05) is 13.1 Å². The summed E-state index contributed by atoms with van der Waals surface area (Å²) in [6.45, 7) is 1.30. The van der Waals surface area contributed by atoms with Gasteiger partial charge in [-0.05, 0) is 18.9 Å². The van der Waals surface area contributed by atoms with Crippen molar-refractivity contribution in [1.82, 2.24) is 9.88 Å². The van der Waals surface area contributed by atoms with Gasteiger partial charge in [0, 0.05) is 37.0 Å². The summed E-state index contributed by atoms with van der Waals surface area (Å²) in [5.74, 6) is -0.110. The molecule has 1 amide bonds. The van der Waals surface area contributed by atoms with E-state index in [1.54, 1.807) is 11.0 Å². The van der Waals surface area contributed by atoms with Crippen molar-refractivity contribution in [3.63, 3.8) is 0 Å². The zero-order valence-electron chi connectivity index (χ0n) is 8.98. The molecule has 0 unspecified atom stereocenters. The van der Waals surface area contributed by atoms with Gasteiger partial charge in [0.05, 0.1) is 0 Å². The van der Waals surface area contributed by atoms with E-state index >= 15 is 0 Å². The molecule has 5 heteroatoms. The maximum atomic E-state index is 12.0. The minimum absolute atomic E-state index is 0.0553. The third-order valence-corrected chi connectivity index (χ3v) is 2.77. The summed E-state index contributed by atoms with van der Waals surface area (Å²) in [7, 11) is 0. The fourth-order valence-electron chi connectivity index (χ4n) is 1.95. The minimum Gasteiger partial charge on any atom is -0.337 e. The van der Waals surface area contributed by atoms with Crippen molar-refractivity contribution in [3.8, 4) is 0 Å². The molecule has 1 aromatic heterocycles. The zero-order chi connectivity index (χ0) is 11.5. The quantitative estimate of drug-likeness (QED) is 0.697. The molecule has 2 rings (SSSR count). The number of nitrogens with zero attached hydrogens (tertiary/aromatic N) is 1. The van der Waals surface area contributed by atoms with E-state index in [0.29, 0.717) is 12.1 Å². The van der Waals surface area contributed by atoms with E-state index in [2.05, 4.69) is 4.98 Å². The topological polar surface area (TPSA) is 79.2 Å². The largest absolute Gasteiger partial charge is 0.337 e. The first-order valence-corrected chi connectivity index (χ1v) is 5.40. The molecule has 1 fully saturated rings. The van der Waals surface area contributed by atoms with Crippen LogP contribution in [0.15, 0.2) is 23.1 Å². The molecule has 5 nitrogen and oxygen atoms in total. The molecular formula is C11H15N3O2. The number of aromatic amines is 1. The van der Waals surface area contributed by atoms with Crippen LogP contribution in [0.5, 0.6) is 0 Å². The second-order valence-corrected chi connectivity index (χ2v) is 4.10. The molecule has 0 radical (unpaired) electrons. The summed E-state index contributed by atoms with van der Waals surface area (Å²) in [4.78, 5) is 27.3. The van der Waals surface area contributed by atoms with Crippen molar-refractivity contribution >= 4 is 5.91 Å². The van der Waals surface area contributed by atoms with Gasteiger partial charge in [-0.2, -0.15) is 0 Å². The summed E-state index contributed by atoms with van der Waals surface area (Å²) in [6, 6.07) is 2.99. The molecule has 0 aromatic carbocycles. The van der Waals surface area contributed by atoms with Gasteiger partial charge in [0.25, 0.3) is 5.91 Å². The number of likely N-dealkylation sites (tertiary alicyclic amines) is 1. The number of nitrogens with one attached hydrogen (secondary N) is 1. The average molecular weight is 221 g/mol. The summed E-state index contributed by atoms with van der Waals surface area (Å²) in [6.07, 6.45) is 3.37. The number of aromatic nitrogens is 1. The fourth-order valence-corrected chi connectivity index (χ4v) is 1.95. The Morgan fingerprint density at radius 2 is 2.38 bits per heavy atom. The number of piperidine rings is 1. The molecule has 0 bridgehead atoms. The number of amides is 1. The first-order chi connectivity index (χ1) is 7.66. The van der Waals surface area contributed by atoms with E-state index in [0.717, 1.165) is 19.4 Å². The van der Waals surface area contributed by atoms with Crippen LogP contribution in [0.3, 0.4) is 0 Å². The number of H-pyrrole nitrogens is 1. The molecule has 0 aliphatic carbocycles. The van der Waals surface area contributed by atoms with Crippen molar-refractivity contribution in [1.29, 1.82) is 0 Å². The van der Waals surface area contributed by atoms with Crippen molar-refractivity contribution in [2.24, 2.45) is 5.73 Å². The average Bonchev–Trinajstić information content (AvgIpc) is 2.28. The third kappa shape index (κ3) is 2.30. The predicted molar refractivity (Wildman–Crippen MR) is 60.2 cm³/mol. The molecule has 1 saturated heterocycles. The van der Waals surface area contributed by atoms with Crippen molar-refractivity contribution in [2.45, 2.75) is 18.9 Å². The van der Waals surface area contributed by atoms with E-state index in [9.17, 15) is 9.59 Å². The lowest BCUT2D eigenvalue weighted by Gasteiger charge is -2.30. The van der Waals surface area contributed by atoms with Crippen LogP contribution in [0.2, 0.25) is 0 Å². The van der Waals surface area contributed by atoms with E-state index < -0.39 is 0 Å². The number of carbonyl (C=O) groups excluding carboxylic acids is 1. The first-order valence-electron chi connectivity index (χ1n) is 5.40. The van der Waals surface area contributed by atoms with Gasteiger partial charge in [-0.1, -0.05) is 0 Å². The molecule has 16 heavy (non-hydrogen) atoms. The van der Waals surface area contributed by atoms with E-state index in [-0.39, 0.29) is 17.5 Å². The van der Waals surface area contributed by atoms with Gasteiger partial charge in [-0.3, -0.25) is 9.59 Å². The van der Waals surface area contributed by atoms with Crippen molar-refractivity contribution in [3.05, 3.63) is 34.2 Å². The van der Waals surface area contributed by atoms with Crippen molar-refractivity contribution < 1.29 is 4.79 Å². The Labute approximate surface area is 93.3 Å². The van der Waals surface area contributed by atoms with Crippen LogP contribution < -0.4 is 11.3 Å². The van der Waals surface area contributed by atoms with Crippen LogP contribution in [0.25, 0.3) is 0 Å². The number of pyridine rings is 1. The lowest BCUT2D eigenvalue weighted by atomic mass is 10.1. The van der Waals surface area contributed by atoms with Gasteiger partial charge < -0.3 is 15.6 Å². The van der Waals surface area contributed by atoms with Gasteiger partial charge in [0.15, 0.2) is 0 Å². The number of hydrogen-bond donors (Lipinski definition) is 2. The monoisotopic (exact) mass is 221 g/mol. The Bertz CT molecular complexity index is 441. The van der Waals surface area contributed by atoms with E-state index in [4.69, 9.17) is 5.73 Å². The molecular weight excluding hydrogens is 206 g/mol. The van der Waals surface area contributed by atoms with Crippen LogP contribution in [0, 0.1) is 0 Å². The molecule has 86 valence electrons. The van der Waals surface area contributed by atoms with Crippen LogP contribution in [0.1, 0.15) is 23.2 Å². The standard InChI is InChI=1S/C11H15N3O2/c12-9-2-1-5-14(7-9)11(16)8-3-4-13-10(15)6-8/h3-4,6,9H,1-2,5,7,12H2,(H,13,15)/t9-/m0/s1. The first kappa shape index (κ1) is 10.9. The Kier molecular flexibility index (Phi) is 3.05. The summed E-state index contributed by atoms with van der Waals surface area (Å²) in [5.41, 5.74) is 5.98. The normalized spacial score (nSPS) is 20.8. The van der Waals surface area contributed by atoms with Gasteiger partial charge in [-0.25, -0.2) is 0 Å². The Hall–Kier alpha value is -1.62. The number of hydrogen-bond acceptors (Lipinski definition) is 3. The lowest BCUT2D eigenvalue weighted by molar-refractivity contribution is 0.0708. The molecule has 1 atom stereocenters. The second-order valence-electron chi connectivity index (χ2n) is 4.10. The molecule has 0 spiro atoms. The fraction of sp³-hybridized carbons (Fsp3) is 0.455. The third-order valence-electron chi connectivity index (χ3n) is 2.77. The van der Waals surface area contributed by atoms with Gasteiger partial charge in [0.1, 0.15) is 0 Å². The summed E-state index contributed by atoms with van der Waals surface area (Å²) >= 11 is 0.